The van der Waals surface area contributed by atoms with Gasteiger partial charge in [0, 0.05) is 57.2 Å². The van der Waals surface area contributed by atoms with Crippen LogP contribution in [0.2, 0.25) is 0 Å². The molecule has 2 atom stereocenters. The molecule has 3 aliphatic rings. The van der Waals surface area contributed by atoms with Crippen LogP contribution in [0.1, 0.15) is 36.2 Å². The molecule has 7 heteroatoms. The van der Waals surface area contributed by atoms with Crippen LogP contribution in [-0.2, 0) is 18.3 Å². The molecule has 0 aliphatic carbocycles. The Kier molecular flexibility index (Phi) is 4.85. The van der Waals surface area contributed by atoms with Gasteiger partial charge in [0.05, 0.1) is 5.69 Å². The summed E-state index contributed by atoms with van der Waals surface area (Å²) in [6, 6.07) is 2.10. The number of nitrogens with zero attached hydrogens (tertiary/aromatic N) is 6. The van der Waals surface area contributed by atoms with E-state index < -0.39 is 0 Å². The second kappa shape index (κ2) is 7.29. The van der Waals surface area contributed by atoms with Crippen molar-refractivity contribution in [2.45, 2.75) is 45.6 Å². The molecule has 2 aromatic rings. The molecule has 3 aliphatic heterocycles. The molecule has 0 aromatic carbocycles. The molecule has 2 aromatic heterocycles. The van der Waals surface area contributed by atoms with E-state index in [1.807, 2.05) is 24.7 Å². The summed E-state index contributed by atoms with van der Waals surface area (Å²) < 4.78 is 1.90. The zero-order valence-electron chi connectivity index (χ0n) is 16.4. The number of anilines is 1. The molecule has 0 spiro atoms. The van der Waals surface area contributed by atoms with Crippen molar-refractivity contribution in [3.63, 3.8) is 0 Å². The largest absolute Gasteiger partial charge is 0.338 e. The van der Waals surface area contributed by atoms with Gasteiger partial charge < -0.3 is 9.80 Å². The van der Waals surface area contributed by atoms with Gasteiger partial charge in [-0.15, -0.1) is 0 Å². The summed E-state index contributed by atoms with van der Waals surface area (Å²) in [6.07, 6.45) is 7.15. The molecular weight excluding hydrogens is 340 g/mol. The molecule has 7 nitrogen and oxygen atoms in total. The minimum absolute atomic E-state index is 0.260. The molecule has 3 saturated heterocycles. The number of aromatic nitrogens is 4. The van der Waals surface area contributed by atoms with Gasteiger partial charge >= 0.3 is 0 Å². The van der Waals surface area contributed by atoms with Gasteiger partial charge in [0.2, 0.25) is 11.9 Å². The summed E-state index contributed by atoms with van der Waals surface area (Å²) in [6.45, 7) is 6.73. The molecule has 1 amide bonds. The van der Waals surface area contributed by atoms with E-state index in [9.17, 15) is 4.79 Å². The summed E-state index contributed by atoms with van der Waals surface area (Å²) in [4.78, 5) is 26.2. The maximum atomic E-state index is 13.0. The highest BCUT2D eigenvalue weighted by molar-refractivity contribution is 5.77. The average Bonchev–Trinajstić information content (AvgIpc) is 2.88. The van der Waals surface area contributed by atoms with Gasteiger partial charge in [-0.25, -0.2) is 9.97 Å². The van der Waals surface area contributed by atoms with Crippen LogP contribution in [-0.4, -0.2) is 56.2 Å². The maximum absolute atomic E-state index is 13.0. The van der Waals surface area contributed by atoms with Gasteiger partial charge in [-0.05, 0) is 50.7 Å². The van der Waals surface area contributed by atoms with Crippen LogP contribution in [0.5, 0.6) is 0 Å². The first-order chi connectivity index (χ1) is 13.0. The zero-order valence-corrected chi connectivity index (χ0v) is 16.4. The Hall–Kier alpha value is -2.44. The summed E-state index contributed by atoms with van der Waals surface area (Å²) in [7, 11) is 1.96. The van der Waals surface area contributed by atoms with Gasteiger partial charge in [-0.2, -0.15) is 5.10 Å². The van der Waals surface area contributed by atoms with E-state index in [2.05, 4.69) is 31.8 Å². The van der Waals surface area contributed by atoms with E-state index in [1.165, 1.54) is 12.0 Å². The Labute approximate surface area is 160 Å². The fourth-order valence-electron chi connectivity index (χ4n) is 4.56. The maximum Gasteiger partial charge on any atom is 0.225 e. The topological polar surface area (TPSA) is 67.2 Å². The van der Waals surface area contributed by atoms with Crippen molar-refractivity contribution in [2.24, 2.45) is 13.0 Å². The Morgan fingerprint density at radius 1 is 1.15 bits per heavy atom. The number of fused-ring (bicyclic) bond motifs is 4. The lowest BCUT2D eigenvalue weighted by Gasteiger charge is -2.36. The molecular formula is C20H28N6O. The lowest BCUT2D eigenvalue weighted by molar-refractivity contribution is -0.135. The van der Waals surface area contributed by atoms with Crippen molar-refractivity contribution in [3.8, 4) is 0 Å². The van der Waals surface area contributed by atoms with Crippen molar-refractivity contribution >= 4 is 11.9 Å². The first kappa shape index (κ1) is 17.9. The molecule has 3 fully saturated rings. The number of piperidine rings is 1. The summed E-state index contributed by atoms with van der Waals surface area (Å²) in [5, 5.41) is 4.47. The standard InChI is InChI=1S/C20H28N6O/c1-14-18(15(2)24(3)23-14)7-8-19(27)26-12-16-5-6-17(26)13-25(11-16)20-21-9-4-10-22-20/h4,9-10,16-17H,5-8,11-13H2,1-3H3/t16-,17+/m1/s1. The van der Waals surface area contributed by atoms with Crippen LogP contribution < -0.4 is 4.90 Å². The first-order valence-corrected chi connectivity index (χ1v) is 9.83. The summed E-state index contributed by atoms with van der Waals surface area (Å²) in [5.74, 6) is 1.55. The number of hydrogen-bond donors (Lipinski definition) is 0. The lowest BCUT2D eigenvalue weighted by Crippen LogP contribution is -2.47. The Morgan fingerprint density at radius 3 is 2.63 bits per heavy atom. The Bertz CT molecular complexity index is 817. The van der Waals surface area contributed by atoms with E-state index in [0.717, 1.165) is 49.8 Å². The van der Waals surface area contributed by atoms with E-state index in [-0.39, 0.29) is 11.9 Å². The number of carbonyl (C=O) groups excluding carboxylic acids is 1. The minimum atomic E-state index is 0.260. The van der Waals surface area contributed by atoms with Crippen LogP contribution >= 0.6 is 0 Å². The van der Waals surface area contributed by atoms with E-state index in [4.69, 9.17) is 0 Å². The Morgan fingerprint density at radius 2 is 1.93 bits per heavy atom. The van der Waals surface area contributed by atoms with Crippen molar-refractivity contribution < 1.29 is 4.79 Å². The fourth-order valence-corrected chi connectivity index (χ4v) is 4.56. The van der Waals surface area contributed by atoms with E-state index in [0.29, 0.717) is 12.3 Å². The third-order valence-electron chi connectivity index (χ3n) is 6.12. The first-order valence-electron chi connectivity index (χ1n) is 9.83. The highest BCUT2D eigenvalue weighted by Gasteiger charge is 2.37. The summed E-state index contributed by atoms with van der Waals surface area (Å²) >= 11 is 0. The van der Waals surface area contributed by atoms with Crippen LogP contribution in [0.4, 0.5) is 5.95 Å². The monoisotopic (exact) mass is 368 g/mol. The van der Waals surface area contributed by atoms with Gasteiger partial charge in [0.25, 0.3) is 0 Å². The quantitative estimate of drug-likeness (QED) is 0.824. The number of hydrogen-bond acceptors (Lipinski definition) is 5. The van der Waals surface area contributed by atoms with Crippen molar-refractivity contribution in [1.29, 1.82) is 0 Å². The second-order valence-electron chi connectivity index (χ2n) is 7.87. The SMILES string of the molecule is Cc1nn(C)c(C)c1CCC(=O)N1C[C@@H]2CC[C@H]1CN(c1ncccn1)C2. The van der Waals surface area contributed by atoms with Crippen LogP contribution in [0.3, 0.4) is 0 Å². The number of rotatable bonds is 4. The third kappa shape index (κ3) is 3.55. The third-order valence-corrected chi connectivity index (χ3v) is 6.12. The predicted molar refractivity (Wildman–Crippen MR) is 103 cm³/mol. The van der Waals surface area contributed by atoms with Gasteiger partial charge in [-0.3, -0.25) is 9.48 Å². The fraction of sp³-hybridized carbons (Fsp3) is 0.600. The van der Waals surface area contributed by atoms with Crippen LogP contribution in [0.25, 0.3) is 0 Å². The minimum Gasteiger partial charge on any atom is -0.338 e. The molecule has 144 valence electrons. The molecule has 5 rings (SSSR count). The molecule has 0 saturated carbocycles. The smallest absolute Gasteiger partial charge is 0.225 e. The molecule has 0 N–H and O–H groups in total. The van der Waals surface area contributed by atoms with Crippen molar-refractivity contribution in [3.05, 3.63) is 35.4 Å². The van der Waals surface area contributed by atoms with Crippen LogP contribution in [0, 0.1) is 19.8 Å². The van der Waals surface area contributed by atoms with Gasteiger partial charge in [0.15, 0.2) is 0 Å². The molecule has 27 heavy (non-hydrogen) atoms. The highest BCUT2D eigenvalue weighted by atomic mass is 16.2. The highest BCUT2D eigenvalue weighted by Crippen LogP contribution is 2.30. The average molecular weight is 368 g/mol. The van der Waals surface area contributed by atoms with Crippen LogP contribution in [0.15, 0.2) is 18.5 Å². The number of carbonyl (C=O) groups is 1. The predicted octanol–water partition coefficient (Wildman–Crippen LogP) is 1.89. The summed E-state index contributed by atoms with van der Waals surface area (Å²) in [5.41, 5.74) is 3.41. The number of amides is 1. The zero-order chi connectivity index (χ0) is 19.0. The van der Waals surface area contributed by atoms with Gasteiger partial charge in [-0.1, -0.05) is 0 Å². The lowest BCUT2D eigenvalue weighted by atomic mass is 9.94. The van der Waals surface area contributed by atoms with E-state index in [1.54, 1.807) is 12.4 Å². The number of aryl methyl sites for hydroxylation is 2. The van der Waals surface area contributed by atoms with E-state index >= 15 is 0 Å². The molecule has 5 heterocycles. The molecule has 0 unspecified atom stereocenters. The molecule has 2 bridgehead atoms. The normalized spacial score (nSPS) is 22.2. The van der Waals surface area contributed by atoms with Crippen molar-refractivity contribution in [2.75, 3.05) is 24.5 Å². The molecule has 0 radical (unpaired) electrons. The second-order valence-corrected chi connectivity index (χ2v) is 7.87. The Balaban J connectivity index is 1.44. The van der Waals surface area contributed by atoms with Crippen molar-refractivity contribution in [1.82, 2.24) is 24.6 Å². The van der Waals surface area contributed by atoms with Gasteiger partial charge in [0.1, 0.15) is 0 Å².